The maximum Gasteiger partial charge on any atom is 0.251 e. The zero-order valence-electron chi connectivity index (χ0n) is 9.18. The van der Waals surface area contributed by atoms with Gasteiger partial charge < -0.3 is 10.2 Å². The van der Waals surface area contributed by atoms with E-state index in [4.69, 9.17) is 12.2 Å². The average molecular weight is 340 g/mol. The third-order valence-corrected chi connectivity index (χ3v) is 3.80. The van der Waals surface area contributed by atoms with Crippen LogP contribution in [-0.2, 0) is 4.79 Å². The van der Waals surface area contributed by atoms with Crippen molar-refractivity contribution in [2.75, 3.05) is 11.0 Å². The molecule has 3 nitrogen and oxygen atoms in total. The number of alkyl halides is 1. The van der Waals surface area contributed by atoms with Gasteiger partial charge in [0.1, 0.15) is 5.54 Å². The van der Waals surface area contributed by atoms with Gasteiger partial charge in [-0.1, -0.05) is 29.0 Å². The summed E-state index contributed by atoms with van der Waals surface area (Å²) in [4.78, 5) is 13.6. The number of hydrogen-bond donors (Lipinski definition) is 1. The normalized spacial score (nSPS) is 19.5. The summed E-state index contributed by atoms with van der Waals surface area (Å²) in [6, 6.07) is 0. The van der Waals surface area contributed by atoms with Gasteiger partial charge in [-0.25, -0.2) is 0 Å². The van der Waals surface area contributed by atoms with Crippen molar-refractivity contribution in [3.63, 3.8) is 0 Å². The van der Waals surface area contributed by atoms with Crippen molar-refractivity contribution >= 4 is 45.8 Å². The van der Waals surface area contributed by atoms with E-state index in [1.165, 1.54) is 17.3 Å². The highest BCUT2D eigenvalue weighted by Crippen LogP contribution is 2.21. The van der Waals surface area contributed by atoms with E-state index in [1.807, 2.05) is 18.7 Å². The third kappa shape index (κ3) is 3.03. The Balaban J connectivity index is 2.46. The lowest BCUT2D eigenvalue weighted by atomic mass is 10.0. The van der Waals surface area contributed by atoms with Crippen LogP contribution >= 0.6 is 34.8 Å². The van der Waals surface area contributed by atoms with E-state index >= 15 is 0 Å². The maximum absolute atomic E-state index is 11.6. The van der Waals surface area contributed by atoms with Gasteiger partial charge in [0.2, 0.25) is 0 Å². The highest BCUT2D eigenvalue weighted by molar-refractivity contribution is 14.1. The summed E-state index contributed by atoms with van der Waals surface area (Å²) in [5, 5.41) is 3.30. The maximum atomic E-state index is 11.6. The summed E-state index contributed by atoms with van der Waals surface area (Å²) in [6.45, 7) is 4.71. The van der Waals surface area contributed by atoms with E-state index in [-0.39, 0.29) is 5.91 Å². The molecule has 0 aromatic carbocycles. The molecule has 1 saturated heterocycles. The predicted molar refractivity (Wildman–Crippen MR) is 74.3 cm³/mol. The number of nitrogens with one attached hydrogen (secondary N) is 1. The van der Waals surface area contributed by atoms with Crippen molar-refractivity contribution in [2.45, 2.75) is 38.6 Å². The molecule has 1 fully saturated rings. The summed E-state index contributed by atoms with van der Waals surface area (Å²) < 4.78 is 1.20. The van der Waals surface area contributed by atoms with Gasteiger partial charge in [0, 0.05) is 6.54 Å². The Bertz CT molecular complexity index is 268. The van der Waals surface area contributed by atoms with Gasteiger partial charge in [0.05, 0.1) is 0 Å². The van der Waals surface area contributed by atoms with E-state index in [0.717, 1.165) is 13.0 Å². The van der Waals surface area contributed by atoms with E-state index < -0.39 is 5.54 Å². The van der Waals surface area contributed by atoms with Crippen LogP contribution in [0.2, 0.25) is 0 Å². The zero-order chi connectivity index (χ0) is 11.5. The smallest absolute Gasteiger partial charge is 0.251 e. The lowest BCUT2D eigenvalue weighted by molar-refractivity contribution is -0.125. The van der Waals surface area contributed by atoms with Crippen LogP contribution in [0, 0.1) is 0 Å². The lowest BCUT2D eigenvalue weighted by Crippen LogP contribution is -2.44. The minimum atomic E-state index is -0.471. The third-order valence-electron chi connectivity index (χ3n) is 2.71. The fraction of sp³-hybridized carbons (Fsp3) is 0.800. The summed E-state index contributed by atoms with van der Waals surface area (Å²) >= 11 is 7.52. The number of amides is 1. The predicted octanol–water partition coefficient (Wildman–Crippen LogP) is 2.09. The first kappa shape index (κ1) is 13.2. The first-order valence-corrected chi connectivity index (χ1v) is 7.12. The molecule has 0 atom stereocenters. The molecule has 1 aliphatic heterocycles. The Hall–Kier alpha value is 0.0900. The van der Waals surface area contributed by atoms with Crippen LogP contribution in [0.25, 0.3) is 0 Å². The van der Waals surface area contributed by atoms with E-state index in [2.05, 4.69) is 27.9 Å². The van der Waals surface area contributed by atoms with Crippen molar-refractivity contribution in [3.8, 4) is 0 Å². The van der Waals surface area contributed by atoms with Crippen LogP contribution in [0.3, 0.4) is 0 Å². The van der Waals surface area contributed by atoms with Gasteiger partial charge in [0.25, 0.3) is 5.91 Å². The van der Waals surface area contributed by atoms with Crippen molar-refractivity contribution in [3.05, 3.63) is 0 Å². The molecule has 1 N–H and O–H groups in total. The molecule has 0 spiro atoms. The van der Waals surface area contributed by atoms with Gasteiger partial charge >= 0.3 is 0 Å². The summed E-state index contributed by atoms with van der Waals surface area (Å²) in [5.74, 6) is 0.0152. The molecule has 15 heavy (non-hydrogen) atoms. The number of thiocarbonyl (C=S) groups is 1. The molecule has 0 unspecified atom stereocenters. The number of unbranched alkanes of at least 4 members (excludes halogenated alkanes) is 2. The molecule has 1 heterocycles. The van der Waals surface area contributed by atoms with Crippen molar-refractivity contribution in [1.82, 2.24) is 10.2 Å². The Kier molecular flexibility index (Phi) is 4.76. The van der Waals surface area contributed by atoms with Crippen molar-refractivity contribution < 1.29 is 4.79 Å². The number of carbonyl (C=O) groups excluding carboxylic acids is 1. The summed E-state index contributed by atoms with van der Waals surface area (Å²) in [5.41, 5.74) is -0.471. The quantitative estimate of drug-likeness (QED) is 0.360. The van der Waals surface area contributed by atoms with Crippen molar-refractivity contribution in [1.29, 1.82) is 0 Å². The van der Waals surface area contributed by atoms with E-state index in [0.29, 0.717) is 5.11 Å². The molecule has 5 heteroatoms. The van der Waals surface area contributed by atoms with Crippen LogP contribution in [0.15, 0.2) is 0 Å². The fourth-order valence-corrected chi connectivity index (χ4v) is 2.57. The number of halogens is 1. The number of hydrogen-bond acceptors (Lipinski definition) is 2. The lowest BCUT2D eigenvalue weighted by Gasteiger charge is -2.29. The van der Waals surface area contributed by atoms with Gasteiger partial charge in [-0.3, -0.25) is 4.79 Å². The monoisotopic (exact) mass is 340 g/mol. The molecule has 1 aliphatic rings. The summed E-state index contributed by atoms with van der Waals surface area (Å²) in [6.07, 6.45) is 3.54. The molecule has 1 amide bonds. The number of carbonyl (C=O) groups is 1. The minimum Gasteiger partial charge on any atom is -0.335 e. The molecular formula is C10H17IN2OS. The second-order valence-electron chi connectivity index (χ2n) is 4.22. The molecule has 1 rings (SSSR count). The van der Waals surface area contributed by atoms with E-state index in [1.54, 1.807) is 0 Å². The van der Waals surface area contributed by atoms with Crippen LogP contribution in [0.1, 0.15) is 33.1 Å². The van der Waals surface area contributed by atoms with Crippen LogP contribution < -0.4 is 5.32 Å². The highest BCUT2D eigenvalue weighted by Gasteiger charge is 2.42. The van der Waals surface area contributed by atoms with Crippen molar-refractivity contribution in [2.24, 2.45) is 0 Å². The Morgan fingerprint density at radius 2 is 2.07 bits per heavy atom. The van der Waals surface area contributed by atoms with Gasteiger partial charge in [-0.05, 0) is 43.3 Å². The number of nitrogens with zero attached hydrogens (tertiary/aromatic N) is 1. The van der Waals surface area contributed by atoms with Crippen LogP contribution in [-0.4, -0.2) is 32.4 Å². The molecule has 0 aromatic rings. The fourth-order valence-electron chi connectivity index (χ4n) is 1.62. The Morgan fingerprint density at radius 1 is 1.40 bits per heavy atom. The molecule has 86 valence electrons. The number of rotatable bonds is 5. The Morgan fingerprint density at radius 3 is 2.53 bits per heavy atom. The zero-order valence-corrected chi connectivity index (χ0v) is 12.2. The topological polar surface area (TPSA) is 32.3 Å². The SMILES string of the molecule is CC1(C)C(=O)NC(=S)N1CCCCCI. The molecule has 0 aromatic heterocycles. The second-order valence-corrected chi connectivity index (χ2v) is 5.69. The summed E-state index contributed by atoms with van der Waals surface area (Å²) in [7, 11) is 0. The highest BCUT2D eigenvalue weighted by atomic mass is 127. The Labute approximate surface area is 110 Å². The molecule has 0 radical (unpaired) electrons. The second kappa shape index (κ2) is 5.43. The molecule has 0 aliphatic carbocycles. The molecule has 0 saturated carbocycles. The standard InChI is InChI=1S/C10H17IN2OS/c1-10(2)8(14)12-9(15)13(10)7-5-3-4-6-11/h3-7H2,1-2H3,(H,12,14,15). The van der Waals surface area contributed by atoms with Crippen LogP contribution in [0.5, 0.6) is 0 Å². The molecule has 0 bridgehead atoms. The van der Waals surface area contributed by atoms with Gasteiger partial charge in [0.15, 0.2) is 5.11 Å². The largest absolute Gasteiger partial charge is 0.335 e. The molecular weight excluding hydrogens is 323 g/mol. The minimum absolute atomic E-state index is 0.0152. The first-order chi connectivity index (χ1) is 7.00. The van der Waals surface area contributed by atoms with Crippen LogP contribution in [0.4, 0.5) is 0 Å². The van der Waals surface area contributed by atoms with E-state index in [9.17, 15) is 4.79 Å². The van der Waals surface area contributed by atoms with Gasteiger partial charge in [-0.15, -0.1) is 0 Å². The first-order valence-electron chi connectivity index (χ1n) is 5.19. The van der Waals surface area contributed by atoms with Gasteiger partial charge in [-0.2, -0.15) is 0 Å². The average Bonchev–Trinajstić information content (AvgIpc) is 2.34.